The molecule has 1 aliphatic heterocycles. The molecule has 0 radical (unpaired) electrons. The van der Waals surface area contributed by atoms with Gasteiger partial charge in [-0.1, -0.05) is 6.92 Å². The Balaban J connectivity index is 2.36. The summed E-state index contributed by atoms with van der Waals surface area (Å²) in [5.74, 6) is 0.132. The molecule has 0 bridgehead atoms. The van der Waals surface area contributed by atoms with Crippen molar-refractivity contribution >= 4 is 11.7 Å². The summed E-state index contributed by atoms with van der Waals surface area (Å²) in [5.41, 5.74) is 0. The monoisotopic (exact) mass is 199 g/mol. The summed E-state index contributed by atoms with van der Waals surface area (Å²) in [5, 5.41) is 9.61. The van der Waals surface area contributed by atoms with E-state index >= 15 is 0 Å². The van der Waals surface area contributed by atoms with Crippen LogP contribution in [0, 0.1) is 5.92 Å². The number of amides is 1. The molecule has 1 amide bonds. The van der Waals surface area contributed by atoms with E-state index in [4.69, 9.17) is 0 Å². The maximum Gasteiger partial charge on any atom is 0.225 e. The van der Waals surface area contributed by atoms with Crippen LogP contribution in [0.25, 0.3) is 0 Å². The second kappa shape index (κ2) is 4.55. The molecule has 1 N–H and O–H groups in total. The Morgan fingerprint density at radius 2 is 2.29 bits per heavy atom. The van der Waals surface area contributed by atoms with Crippen molar-refractivity contribution in [3.63, 3.8) is 0 Å². The van der Waals surface area contributed by atoms with Gasteiger partial charge in [0.25, 0.3) is 0 Å². The molecule has 2 atom stereocenters. The zero-order valence-corrected chi connectivity index (χ0v) is 8.69. The van der Waals surface area contributed by atoms with Gasteiger partial charge in [-0.05, 0) is 13.3 Å². The summed E-state index contributed by atoms with van der Waals surface area (Å²) in [6, 6.07) is 0. The zero-order valence-electron chi connectivity index (χ0n) is 8.69. The number of likely N-dealkylation sites (tertiary alicyclic amines) is 1. The van der Waals surface area contributed by atoms with Crippen molar-refractivity contribution in [3.05, 3.63) is 0 Å². The zero-order chi connectivity index (χ0) is 10.7. The van der Waals surface area contributed by atoms with Crippen LogP contribution >= 0.6 is 0 Å². The minimum atomic E-state index is -0.658. The third kappa shape index (κ3) is 2.54. The van der Waals surface area contributed by atoms with E-state index in [1.807, 2.05) is 6.92 Å². The summed E-state index contributed by atoms with van der Waals surface area (Å²) in [7, 11) is 0. The van der Waals surface area contributed by atoms with Gasteiger partial charge in [0.2, 0.25) is 5.91 Å². The molecule has 1 fully saturated rings. The molecule has 4 nitrogen and oxygen atoms in total. The van der Waals surface area contributed by atoms with Crippen LogP contribution in [-0.2, 0) is 9.59 Å². The van der Waals surface area contributed by atoms with Crippen molar-refractivity contribution in [2.45, 2.75) is 39.3 Å². The predicted molar refractivity (Wildman–Crippen MR) is 51.4 cm³/mol. The standard InChI is InChI=1S/C10H17NO3/c1-7-6-9(13)11(10(7)14)5-3-4-8(2)12/h7,10,14H,3-6H2,1-2H3. The smallest absolute Gasteiger partial charge is 0.225 e. The van der Waals surface area contributed by atoms with Gasteiger partial charge in [0.15, 0.2) is 0 Å². The molecule has 0 aliphatic carbocycles. The number of carbonyl (C=O) groups is 2. The molecule has 0 aromatic carbocycles. The SMILES string of the molecule is CC(=O)CCCN1C(=O)CC(C)C1O. The highest BCUT2D eigenvalue weighted by molar-refractivity contribution is 5.79. The molecule has 0 spiro atoms. The maximum absolute atomic E-state index is 11.4. The van der Waals surface area contributed by atoms with Crippen molar-refractivity contribution in [2.75, 3.05) is 6.54 Å². The van der Waals surface area contributed by atoms with Crippen LogP contribution in [-0.4, -0.2) is 34.5 Å². The van der Waals surface area contributed by atoms with E-state index in [9.17, 15) is 14.7 Å². The van der Waals surface area contributed by atoms with E-state index in [0.29, 0.717) is 25.8 Å². The highest BCUT2D eigenvalue weighted by Crippen LogP contribution is 2.23. The number of nitrogens with zero attached hydrogens (tertiary/aromatic N) is 1. The summed E-state index contributed by atoms with van der Waals surface area (Å²) >= 11 is 0. The van der Waals surface area contributed by atoms with Gasteiger partial charge in [-0.3, -0.25) is 4.79 Å². The molecule has 14 heavy (non-hydrogen) atoms. The number of aliphatic hydroxyl groups is 1. The number of carbonyl (C=O) groups excluding carboxylic acids is 2. The topological polar surface area (TPSA) is 57.6 Å². The lowest BCUT2D eigenvalue weighted by molar-refractivity contribution is -0.134. The molecular weight excluding hydrogens is 182 g/mol. The summed E-state index contributed by atoms with van der Waals surface area (Å²) in [6.45, 7) is 3.88. The number of hydrogen-bond donors (Lipinski definition) is 1. The van der Waals surface area contributed by atoms with E-state index in [-0.39, 0.29) is 17.6 Å². The van der Waals surface area contributed by atoms with Crippen molar-refractivity contribution in [3.8, 4) is 0 Å². The lowest BCUT2D eigenvalue weighted by Gasteiger charge is -2.21. The van der Waals surface area contributed by atoms with Crippen LogP contribution in [0.1, 0.15) is 33.1 Å². The first-order valence-corrected chi connectivity index (χ1v) is 4.99. The highest BCUT2D eigenvalue weighted by Gasteiger charge is 2.34. The normalized spacial score (nSPS) is 27.1. The third-order valence-corrected chi connectivity index (χ3v) is 2.57. The minimum absolute atomic E-state index is 0.00597. The van der Waals surface area contributed by atoms with Crippen molar-refractivity contribution in [1.29, 1.82) is 0 Å². The first-order chi connectivity index (χ1) is 6.52. The van der Waals surface area contributed by atoms with Gasteiger partial charge in [0.1, 0.15) is 12.0 Å². The molecule has 2 unspecified atom stereocenters. The second-order valence-corrected chi connectivity index (χ2v) is 3.99. The van der Waals surface area contributed by atoms with Crippen LogP contribution in [0.5, 0.6) is 0 Å². The van der Waals surface area contributed by atoms with Crippen LogP contribution < -0.4 is 0 Å². The molecule has 4 heteroatoms. The van der Waals surface area contributed by atoms with Gasteiger partial charge >= 0.3 is 0 Å². The van der Waals surface area contributed by atoms with Crippen LogP contribution in [0.3, 0.4) is 0 Å². The Hall–Kier alpha value is -0.900. The third-order valence-electron chi connectivity index (χ3n) is 2.57. The largest absolute Gasteiger partial charge is 0.373 e. The van der Waals surface area contributed by atoms with Gasteiger partial charge in [0.05, 0.1) is 0 Å². The fraction of sp³-hybridized carbons (Fsp3) is 0.800. The predicted octanol–water partition coefficient (Wildman–Crippen LogP) is 0.542. The number of rotatable bonds is 4. The fourth-order valence-electron chi connectivity index (χ4n) is 1.71. The summed E-state index contributed by atoms with van der Waals surface area (Å²) < 4.78 is 0. The van der Waals surface area contributed by atoms with Crippen molar-refractivity contribution in [1.82, 2.24) is 4.90 Å². The fourth-order valence-corrected chi connectivity index (χ4v) is 1.71. The molecular formula is C10H17NO3. The average Bonchev–Trinajstić information content (AvgIpc) is 2.31. The van der Waals surface area contributed by atoms with E-state index in [1.54, 1.807) is 0 Å². The molecule has 1 aliphatic rings. The Morgan fingerprint density at radius 1 is 1.64 bits per heavy atom. The van der Waals surface area contributed by atoms with E-state index < -0.39 is 6.23 Å². The van der Waals surface area contributed by atoms with Crippen molar-refractivity contribution in [2.24, 2.45) is 5.92 Å². The number of hydrogen-bond acceptors (Lipinski definition) is 3. The average molecular weight is 199 g/mol. The van der Waals surface area contributed by atoms with Gasteiger partial charge in [-0.15, -0.1) is 0 Å². The first kappa shape index (κ1) is 11.2. The Labute approximate surface area is 83.9 Å². The van der Waals surface area contributed by atoms with E-state index in [0.717, 1.165) is 0 Å². The maximum atomic E-state index is 11.4. The Bertz CT molecular complexity index is 240. The Kier molecular flexibility index (Phi) is 3.63. The van der Waals surface area contributed by atoms with E-state index in [2.05, 4.69) is 0 Å². The van der Waals surface area contributed by atoms with Crippen LogP contribution in [0.15, 0.2) is 0 Å². The minimum Gasteiger partial charge on any atom is -0.373 e. The Morgan fingerprint density at radius 3 is 2.71 bits per heavy atom. The molecule has 1 heterocycles. The second-order valence-electron chi connectivity index (χ2n) is 3.99. The number of aliphatic hydroxyl groups excluding tert-OH is 1. The molecule has 80 valence electrons. The molecule has 1 rings (SSSR count). The highest BCUT2D eigenvalue weighted by atomic mass is 16.3. The number of ketones is 1. The van der Waals surface area contributed by atoms with Crippen molar-refractivity contribution < 1.29 is 14.7 Å². The van der Waals surface area contributed by atoms with Gasteiger partial charge < -0.3 is 14.8 Å². The van der Waals surface area contributed by atoms with Gasteiger partial charge in [-0.25, -0.2) is 0 Å². The van der Waals surface area contributed by atoms with Crippen LogP contribution in [0.2, 0.25) is 0 Å². The molecule has 0 aromatic heterocycles. The summed E-state index contributed by atoms with van der Waals surface area (Å²) in [6.07, 6.45) is 0.881. The summed E-state index contributed by atoms with van der Waals surface area (Å²) in [4.78, 5) is 23.5. The lowest BCUT2D eigenvalue weighted by atomic mass is 10.1. The van der Waals surface area contributed by atoms with Gasteiger partial charge in [0, 0.05) is 25.3 Å². The van der Waals surface area contributed by atoms with Crippen LogP contribution in [0.4, 0.5) is 0 Å². The first-order valence-electron chi connectivity index (χ1n) is 4.99. The molecule has 0 saturated carbocycles. The van der Waals surface area contributed by atoms with E-state index in [1.165, 1.54) is 11.8 Å². The number of Topliss-reactive ketones (excluding diaryl/α,β-unsaturated/α-hetero) is 1. The van der Waals surface area contributed by atoms with Gasteiger partial charge in [-0.2, -0.15) is 0 Å². The molecule has 1 saturated heterocycles. The quantitative estimate of drug-likeness (QED) is 0.719. The lowest BCUT2D eigenvalue weighted by Crippen LogP contribution is -2.35. The molecule has 0 aromatic rings.